The van der Waals surface area contributed by atoms with Crippen LogP contribution in [0.1, 0.15) is 31.1 Å². The summed E-state index contributed by atoms with van der Waals surface area (Å²) in [5.74, 6) is 0.472. The molecule has 0 heterocycles. The van der Waals surface area contributed by atoms with E-state index in [1.165, 1.54) is 18.2 Å². The Balaban J connectivity index is 2.58. The molecule has 5 nitrogen and oxygen atoms in total. The Bertz CT molecular complexity index is 515. The van der Waals surface area contributed by atoms with E-state index in [2.05, 4.69) is 26.1 Å². The van der Waals surface area contributed by atoms with E-state index in [0.717, 1.165) is 5.75 Å². The van der Waals surface area contributed by atoms with Crippen LogP contribution in [-0.4, -0.2) is 27.9 Å². The van der Waals surface area contributed by atoms with Gasteiger partial charge in [0.15, 0.2) is 0 Å². The molecule has 20 heavy (non-hydrogen) atoms. The normalized spacial score (nSPS) is 11.2. The van der Waals surface area contributed by atoms with Gasteiger partial charge in [-0.05, 0) is 6.07 Å². The molecular formula is C13H17ClN2O3S. The fourth-order valence-corrected chi connectivity index (χ4v) is 2.50. The lowest BCUT2D eigenvalue weighted by molar-refractivity contribution is -0.384. The standard InChI is InChI=1S/C13H17ClN2O3S/c1-13(2,3)20-7-6-15-12(17)10-5-4-9(16(18)19)8-11(10)14/h4-5,8H,6-7H2,1-3H3,(H,15,17). The highest BCUT2D eigenvalue weighted by Crippen LogP contribution is 2.23. The minimum Gasteiger partial charge on any atom is -0.351 e. The van der Waals surface area contributed by atoms with Crippen LogP contribution in [0.3, 0.4) is 0 Å². The molecule has 1 aromatic carbocycles. The molecule has 0 unspecified atom stereocenters. The lowest BCUT2D eigenvalue weighted by Crippen LogP contribution is -2.27. The number of nitro groups is 1. The molecule has 0 aliphatic heterocycles. The molecule has 7 heteroatoms. The van der Waals surface area contributed by atoms with Crippen LogP contribution in [0.2, 0.25) is 5.02 Å². The van der Waals surface area contributed by atoms with Gasteiger partial charge in [-0.25, -0.2) is 0 Å². The SMILES string of the molecule is CC(C)(C)SCCNC(=O)c1ccc([N+](=O)[O-])cc1Cl. The Labute approximate surface area is 127 Å². The predicted octanol–water partition coefficient (Wildman–Crippen LogP) is 3.51. The first-order valence-electron chi connectivity index (χ1n) is 6.07. The smallest absolute Gasteiger partial charge is 0.270 e. The highest BCUT2D eigenvalue weighted by Gasteiger charge is 2.15. The molecule has 1 N–H and O–H groups in total. The number of hydrogen-bond donors (Lipinski definition) is 1. The summed E-state index contributed by atoms with van der Waals surface area (Å²) in [7, 11) is 0. The predicted molar refractivity (Wildman–Crippen MR) is 82.7 cm³/mol. The van der Waals surface area contributed by atoms with Gasteiger partial charge in [0, 0.05) is 29.2 Å². The van der Waals surface area contributed by atoms with Crippen molar-refractivity contribution >= 4 is 35.0 Å². The van der Waals surface area contributed by atoms with Crippen molar-refractivity contribution in [3.05, 3.63) is 38.9 Å². The molecule has 0 saturated carbocycles. The first-order valence-corrected chi connectivity index (χ1v) is 7.43. The molecule has 0 aromatic heterocycles. The third-order valence-electron chi connectivity index (χ3n) is 2.33. The van der Waals surface area contributed by atoms with Gasteiger partial charge in [-0.15, -0.1) is 0 Å². The average molecular weight is 317 g/mol. The summed E-state index contributed by atoms with van der Waals surface area (Å²) >= 11 is 7.63. The Morgan fingerprint density at radius 3 is 2.60 bits per heavy atom. The van der Waals surface area contributed by atoms with Crippen LogP contribution in [-0.2, 0) is 0 Å². The number of hydrogen-bond acceptors (Lipinski definition) is 4. The first-order chi connectivity index (χ1) is 9.20. The zero-order valence-corrected chi connectivity index (χ0v) is 13.2. The summed E-state index contributed by atoms with van der Waals surface area (Å²) in [6.45, 7) is 6.83. The van der Waals surface area contributed by atoms with Crippen LogP contribution in [0.25, 0.3) is 0 Å². The molecule has 1 aromatic rings. The molecule has 1 rings (SSSR count). The number of amides is 1. The van der Waals surface area contributed by atoms with E-state index in [9.17, 15) is 14.9 Å². The van der Waals surface area contributed by atoms with Crippen molar-refractivity contribution < 1.29 is 9.72 Å². The summed E-state index contributed by atoms with van der Waals surface area (Å²) in [5, 5.41) is 13.4. The maximum Gasteiger partial charge on any atom is 0.270 e. The van der Waals surface area contributed by atoms with Crippen LogP contribution in [0.15, 0.2) is 18.2 Å². The number of rotatable bonds is 5. The number of halogens is 1. The van der Waals surface area contributed by atoms with Crippen molar-refractivity contribution in [1.82, 2.24) is 5.32 Å². The highest BCUT2D eigenvalue weighted by molar-refractivity contribution is 8.00. The van der Waals surface area contributed by atoms with Crippen LogP contribution >= 0.6 is 23.4 Å². The number of non-ortho nitro benzene ring substituents is 1. The summed E-state index contributed by atoms with van der Waals surface area (Å²) in [5.41, 5.74) is 0.118. The highest BCUT2D eigenvalue weighted by atomic mass is 35.5. The molecule has 0 spiro atoms. The third kappa shape index (κ3) is 5.38. The fourth-order valence-electron chi connectivity index (χ4n) is 1.42. The quantitative estimate of drug-likeness (QED) is 0.512. The number of carbonyl (C=O) groups excluding carboxylic acids is 1. The summed E-state index contributed by atoms with van der Waals surface area (Å²) in [6.07, 6.45) is 0. The molecule has 0 aliphatic carbocycles. The third-order valence-corrected chi connectivity index (χ3v) is 3.92. The molecule has 1 amide bonds. The zero-order valence-electron chi connectivity index (χ0n) is 11.6. The van der Waals surface area contributed by atoms with Gasteiger partial charge in [0.2, 0.25) is 0 Å². The van der Waals surface area contributed by atoms with Gasteiger partial charge in [-0.3, -0.25) is 14.9 Å². The van der Waals surface area contributed by atoms with Crippen molar-refractivity contribution in [2.75, 3.05) is 12.3 Å². The van der Waals surface area contributed by atoms with Crippen LogP contribution < -0.4 is 5.32 Å². The fraction of sp³-hybridized carbons (Fsp3) is 0.462. The lowest BCUT2D eigenvalue weighted by atomic mass is 10.2. The van der Waals surface area contributed by atoms with E-state index in [4.69, 9.17) is 11.6 Å². The second-order valence-corrected chi connectivity index (χ2v) is 7.47. The summed E-state index contributed by atoms with van der Waals surface area (Å²) < 4.78 is 0.149. The second kappa shape index (κ2) is 6.95. The van der Waals surface area contributed by atoms with Gasteiger partial charge in [-0.1, -0.05) is 32.4 Å². The van der Waals surface area contributed by atoms with E-state index in [1.54, 1.807) is 11.8 Å². The minimum atomic E-state index is -0.548. The molecule has 110 valence electrons. The molecular weight excluding hydrogens is 300 g/mol. The van der Waals surface area contributed by atoms with Crippen molar-refractivity contribution in [3.8, 4) is 0 Å². The maximum atomic E-state index is 11.9. The van der Waals surface area contributed by atoms with Crippen LogP contribution in [0.4, 0.5) is 5.69 Å². The second-order valence-electron chi connectivity index (χ2n) is 5.14. The Hall–Kier alpha value is -1.27. The van der Waals surface area contributed by atoms with Gasteiger partial charge in [0.05, 0.1) is 15.5 Å². The van der Waals surface area contributed by atoms with Crippen LogP contribution in [0, 0.1) is 10.1 Å². The molecule has 0 atom stereocenters. The molecule has 0 fully saturated rings. The Morgan fingerprint density at radius 2 is 2.10 bits per heavy atom. The van der Waals surface area contributed by atoms with Crippen molar-refractivity contribution in [2.24, 2.45) is 0 Å². The van der Waals surface area contributed by atoms with Crippen molar-refractivity contribution in [1.29, 1.82) is 0 Å². The van der Waals surface area contributed by atoms with Crippen LogP contribution in [0.5, 0.6) is 0 Å². The molecule has 0 radical (unpaired) electrons. The number of carbonyl (C=O) groups is 1. The number of nitrogens with one attached hydrogen (secondary N) is 1. The van der Waals surface area contributed by atoms with Gasteiger partial charge >= 0.3 is 0 Å². The minimum absolute atomic E-state index is 0.0835. The van der Waals surface area contributed by atoms with Gasteiger partial charge in [-0.2, -0.15) is 11.8 Å². The number of thioether (sulfide) groups is 1. The van der Waals surface area contributed by atoms with E-state index < -0.39 is 4.92 Å². The van der Waals surface area contributed by atoms with Gasteiger partial charge < -0.3 is 5.32 Å². The topological polar surface area (TPSA) is 72.2 Å². The number of nitrogens with zero attached hydrogens (tertiary/aromatic N) is 1. The zero-order chi connectivity index (χ0) is 15.3. The summed E-state index contributed by atoms with van der Waals surface area (Å²) in [4.78, 5) is 21.9. The number of benzene rings is 1. The molecule has 0 bridgehead atoms. The van der Waals surface area contributed by atoms with E-state index in [-0.39, 0.29) is 26.9 Å². The largest absolute Gasteiger partial charge is 0.351 e. The average Bonchev–Trinajstić information content (AvgIpc) is 2.33. The van der Waals surface area contributed by atoms with E-state index >= 15 is 0 Å². The molecule has 0 aliphatic rings. The number of nitro benzene ring substituents is 1. The van der Waals surface area contributed by atoms with Crippen molar-refractivity contribution in [3.63, 3.8) is 0 Å². The van der Waals surface area contributed by atoms with Crippen molar-refractivity contribution in [2.45, 2.75) is 25.5 Å². The first kappa shape index (κ1) is 16.8. The monoisotopic (exact) mass is 316 g/mol. The Morgan fingerprint density at radius 1 is 1.45 bits per heavy atom. The van der Waals surface area contributed by atoms with E-state index in [1.807, 2.05) is 0 Å². The molecule has 0 saturated heterocycles. The van der Waals surface area contributed by atoms with Gasteiger partial charge in [0.1, 0.15) is 0 Å². The lowest BCUT2D eigenvalue weighted by Gasteiger charge is -2.17. The van der Waals surface area contributed by atoms with Gasteiger partial charge in [0.25, 0.3) is 11.6 Å². The van der Waals surface area contributed by atoms with E-state index in [0.29, 0.717) is 6.54 Å². The summed E-state index contributed by atoms with van der Waals surface area (Å²) in [6, 6.07) is 3.82. The maximum absolute atomic E-state index is 11.9. The Kier molecular flexibility index (Phi) is 5.83.